The molecule has 0 spiro atoms. The number of rotatable bonds is 11. The second-order valence-electron chi connectivity index (χ2n) is 8.98. The van der Waals surface area contributed by atoms with E-state index >= 15 is 0 Å². The molecule has 158 valence electrons. The van der Waals surface area contributed by atoms with Crippen molar-refractivity contribution in [1.29, 1.82) is 0 Å². The van der Waals surface area contributed by atoms with Crippen LogP contribution in [0.5, 0.6) is 0 Å². The first kappa shape index (κ1) is 23.8. The summed E-state index contributed by atoms with van der Waals surface area (Å²) in [7, 11) is 0. The summed E-state index contributed by atoms with van der Waals surface area (Å²) in [5.41, 5.74) is 2.61. The van der Waals surface area contributed by atoms with Crippen LogP contribution >= 0.6 is 12.8 Å². The highest BCUT2D eigenvalue weighted by molar-refractivity contribution is 7.78. The van der Waals surface area contributed by atoms with Gasteiger partial charge in [-0.1, -0.05) is 107 Å². The average molecular weight is 410 g/mol. The van der Waals surface area contributed by atoms with Crippen LogP contribution in [-0.2, 0) is 0 Å². The summed E-state index contributed by atoms with van der Waals surface area (Å²) in [5, 5.41) is 0. The molecule has 1 N–H and O–H groups in total. The molecule has 0 aromatic heterocycles. The van der Waals surface area contributed by atoms with Crippen LogP contribution in [0.15, 0.2) is 54.1 Å². The maximum atomic E-state index is 6.09. The first-order chi connectivity index (χ1) is 13.9. The molecule has 1 nitrogen and oxygen atoms in total. The first-order valence-corrected chi connectivity index (χ1v) is 11.6. The maximum absolute atomic E-state index is 6.09. The van der Waals surface area contributed by atoms with Gasteiger partial charge in [0, 0.05) is 5.54 Å². The Morgan fingerprint density at radius 1 is 1.31 bits per heavy atom. The van der Waals surface area contributed by atoms with E-state index in [-0.39, 0.29) is 11.0 Å². The second-order valence-corrected chi connectivity index (χ2v) is 9.20. The highest BCUT2D eigenvalue weighted by Gasteiger charge is 2.64. The second kappa shape index (κ2) is 10.6. The smallest absolute Gasteiger partial charge is 0.0523 e. The van der Waals surface area contributed by atoms with Gasteiger partial charge in [0.05, 0.1) is 5.41 Å². The van der Waals surface area contributed by atoms with E-state index in [9.17, 15) is 0 Å². The fraction of sp³-hybridized carbons (Fsp3) is 0.556. The van der Waals surface area contributed by atoms with Gasteiger partial charge in [-0.15, -0.1) is 6.42 Å². The molecule has 29 heavy (non-hydrogen) atoms. The minimum atomic E-state index is -0.114. The molecule has 1 aromatic rings. The SMILES string of the molecule is C#CC1(CC(C(C=CC)=CC(C)c2ccccc2)C(CC)CCC)CC1(C)NS. The molecular formula is C27H39NS. The normalized spacial score (nSPS) is 27.4. The lowest BCUT2D eigenvalue weighted by Gasteiger charge is -2.32. The van der Waals surface area contributed by atoms with Crippen LogP contribution in [-0.4, -0.2) is 5.54 Å². The van der Waals surface area contributed by atoms with Gasteiger partial charge < -0.3 is 0 Å². The van der Waals surface area contributed by atoms with Crippen LogP contribution in [0, 0.1) is 29.6 Å². The molecule has 0 bridgehead atoms. The van der Waals surface area contributed by atoms with E-state index in [0.29, 0.717) is 17.8 Å². The lowest BCUT2D eigenvalue weighted by atomic mass is 9.73. The third-order valence-electron chi connectivity index (χ3n) is 6.99. The van der Waals surface area contributed by atoms with Crippen molar-refractivity contribution in [3.8, 4) is 12.3 Å². The monoisotopic (exact) mass is 409 g/mol. The number of terminal acetylenes is 1. The summed E-state index contributed by atoms with van der Waals surface area (Å²) in [6.07, 6.45) is 18.7. The quantitative estimate of drug-likeness (QED) is 0.221. The molecule has 2 rings (SSSR count). The Balaban J connectivity index is 2.43. The van der Waals surface area contributed by atoms with Crippen LogP contribution < -0.4 is 4.72 Å². The summed E-state index contributed by atoms with van der Waals surface area (Å²) >= 11 is 4.39. The number of hydrogen-bond acceptors (Lipinski definition) is 2. The van der Waals surface area contributed by atoms with Gasteiger partial charge in [0.15, 0.2) is 0 Å². The number of benzene rings is 1. The zero-order valence-corrected chi connectivity index (χ0v) is 19.8. The third kappa shape index (κ3) is 5.39. The predicted octanol–water partition coefficient (Wildman–Crippen LogP) is 7.34. The lowest BCUT2D eigenvalue weighted by Crippen LogP contribution is -2.30. The van der Waals surface area contributed by atoms with Crippen molar-refractivity contribution >= 4 is 12.8 Å². The molecule has 1 aliphatic rings. The predicted molar refractivity (Wildman–Crippen MR) is 131 cm³/mol. The van der Waals surface area contributed by atoms with Crippen molar-refractivity contribution in [2.24, 2.45) is 17.3 Å². The summed E-state index contributed by atoms with van der Waals surface area (Å²) in [6.45, 7) is 11.2. The van der Waals surface area contributed by atoms with Crippen molar-refractivity contribution in [3.63, 3.8) is 0 Å². The molecule has 2 heteroatoms. The van der Waals surface area contributed by atoms with E-state index in [2.05, 4.69) is 107 Å². The molecule has 0 aliphatic heterocycles. The number of nitrogens with one attached hydrogen (secondary N) is 1. The molecule has 5 unspecified atom stereocenters. The molecule has 0 heterocycles. The Morgan fingerprint density at radius 3 is 2.48 bits per heavy atom. The standard InChI is InChI=1S/C27H39NS/c1-7-14-22(9-3)25(19-27(10-4)20-26(27,6)28-29)24(15-8-2)18-21(5)23-16-12-11-13-17-23/h4,8,11-13,15-18,21-22,25,28-29H,7,9,14,19-20H2,1-3,5-6H3. The van der Waals surface area contributed by atoms with Crippen molar-refractivity contribution in [1.82, 2.24) is 4.72 Å². The summed E-state index contributed by atoms with van der Waals surface area (Å²) in [6, 6.07) is 10.8. The van der Waals surface area contributed by atoms with Gasteiger partial charge in [-0.2, -0.15) is 0 Å². The van der Waals surface area contributed by atoms with Crippen molar-refractivity contribution in [2.75, 3.05) is 0 Å². The fourth-order valence-corrected chi connectivity index (χ4v) is 5.20. The molecule has 1 saturated carbocycles. The van der Waals surface area contributed by atoms with E-state index in [1.54, 1.807) is 0 Å². The number of thiol groups is 1. The molecule has 5 atom stereocenters. The number of allylic oxidation sites excluding steroid dienone is 4. The van der Waals surface area contributed by atoms with Crippen molar-refractivity contribution < 1.29 is 0 Å². The van der Waals surface area contributed by atoms with E-state index in [1.807, 2.05) is 0 Å². The minimum absolute atomic E-state index is 0.0697. The molecule has 0 radical (unpaired) electrons. The Morgan fingerprint density at radius 2 is 2.00 bits per heavy atom. The molecule has 1 aliphatic carbocycles. The van der Waals surface area contributed by atoms with E-state index < -0.39 is 0 Å². The van der Waals surface area contributed by atoms with E-state index in [4.69, 9.17) is 6.42 Å². The zero-order chi connectivity index (χ0) is 21.5. The maximum Gasteiger partial charge on any atom is 0.0523 e. The summed E-state index contributed by atoms with van der Waals surface area (Å²) in [4.78, 5) is 0. The topological polar surface area (TPSA) is 12.0 Å². The Hall–Kier alpha value is -1.43. The molecule has 0 saturated heterocycles. The summed E-state index contributed by atoms with van der Waals surface area (Å²) < 4.78 is 3.20. The van der Waals surface area contributed by atoms with Gasteiger partial charge >= 0.3 is 0 Å². The molecule has 1 fully saturated rings. The zero-order valence-electron chi connectivity index (χ0n) is 18.9. The van der Waals surface area contributed by atoms with Gasteiger partial charge in [-0.3, -0.25) is 4.72 Å². The van der Waals surface area contributed by atoms with Gasteiger partial charge in [0.2, 0.25) is 0 Å². The van der Waals surface area contributed by atoms with Crippen LogP contribution in [0.25, 0.3) is 0 Å². The fourth-order valence-electron chi connectivity index (χ4n) is 4.90. The van der Waals surface area contributed by atoms with Gasteiger partial charge in [0.25, 0.3) is 0 Å². The van der Waals surface area contributed by atoms with E-state index in [0.717, 1.165) is 12.8 Å². The van der Waals surface area contributed by atoms with Crippen LogP contribution in [0.2, 0.25) is 0 Å². The highest BCUT2D eigenvalue weighted by atomic mass is 32.1. The third-order valence-corrected chi connectivity index (χ3v) is 7.48. The van der Waals surface area contributed by atoms with Gasteiger partial charge in [-0.05, 0) is 55.6 Å². The van der Waals surface area contributed by atoms with Gasteiger partial charge in [-0.25, -0.2) is 0 Å². The summed E-state index contributed by atoms with van der Waals surface area (Å²) in [5.74, 6) is 4.64. The molecule has 1 aromatic carbocycles. The van der Waals surface area contributed by atoms with Crippen LogP contribution in [0.1, 0.15) is 78.2 Å². The Kier molecular flexibility index (Phi) is 8.68. The Bertz CT molecular complexity index is 744. The van der Waals surface area contributed by atoms with Gasteiger partial charge in [0.1, 0.15) is 0 Å². The molecule has 0 amide bonds. The van der Waals surface area contributed by atoms with Crippen molar-refractivity contribution in [3.05, 3.63) is 59.7 Å². The lowest BCUT2D eigenvalue weighted by molar-refractivity contribution is 0.284. The van der Waals surface area contributed by atoms with Crippen LogP contribution in [0.4, 0.5) is 0 Å². The Labute approximate surface area is 185 Å². The van der Waals surface area contributed by atoms with Crippen molar-refractivity contribution in [2.45, 2.75) is 78.2 Å². The largest absolute Gasteiger partial charge is 0.259 e. The minimum Gasteiger partial charge on any atom is -0.259 e. The van der Waals surface area contributed by atoms with Crippen LogP contribution in [0.3, 0.4) is 0 Å². The number of hydrogen-bond donors (Lipinski definition) is 2. The first-order valence-electron chi connectivity index (χ1n) is 11.2. The molecular weight excluding hydrogens is 370 g/mol. The van der Waals surface area contributed by atoms with E-state index in [1.165, 1.54) is 30.4 Å². The average Bonchev–Trinajstić information content (AvgIpc) is 3.35. The highest BCUT2D eigenvalue weighted by Crippen LogP contribution is 2.61.